The van der Waals surface area contributed by atoms with E-state index in [1.165, 1.54) is 10.6 Å². The molecule has 0 N–H and O–H groups in total. The van der Waals surface area contributed by atoms with Crippen LogP contribution in [0.15, 0.2) is 41.7 Å². The minimum Gasteiger partial charge on any atom is -0.345 e. The van der Waals surface area contributed by atoms with Crippen molar-refractivity contribution in [3.8, 4) is 0 Å². The van der Waals surface area contributed by atoms with E-state index in [1.807, 2.05) is 24.5 Å². The van der Waals surface area contributed by atoms with Gasteiger partial charge in [-0.1, -0.05) is 23.7 Å². The Morgan fingerprint density at radius 3 is 2.67 bits per heavy atom. The number of aromatic nitrogens is 2. The van der Waals surface area contributed by atoms with E-state index in [9.17, 15) is 9.59 Å². The van der Waals surface area contributed by atoms with E-state index in [0.717, 1.165) is 11.4 Å². The molecule has 0 aliphatic carbocycles. The largest absolute Gasteiger partial charge is 0.345 e. The summed E-state index contributed by atoms with van der Waals surface area (Å²) in [6.45, 7) is 8.13. The molecule has 0 radical (unpaired) electrons. The first-order valence-electron chi connectivity index (χ1n) is 6.62. The number of allylic oxidation sites excluding steroid dienone is 1. The van der Waals surface area contributed by atoms with Crippen LogP contribution in [0.3, 0.4) is 0 Å². The highest BCUT2D eigenvalue weighted by molar-refractivity contribution is 6.29. The summed E-state index contributed by atoms with van der Waals surface area (Å²) >= 11 is 5.98. The Labute approximate surface area is 128 Å². The molecule has 2 aromatic heterocycles. The zero-order chi connectivity index (χ0) is 15.6. The third-order valence-corrected chi connectivity index (χ3v) is 3.81. The van der Waals surface area contributed by atoms with Crippen molar-refractivity contribution < 1.29 is 4.79 Å². The number of hydrogen-bond acceptors (Lipinski definition) is 2. The molecule has 0 unspecified atom stereocenters. The number of carbonyl (C=O) groups excluding carboxylic acids is 1. The highest BCUT2D eigenvalue weighted by Crippen LogP contribution is 2.17. The van der Waals surface area contributed by atoms with Crippen molar-refractivity contribution >= 4 is 17.4 Å². The Morgan fingerprint density at radius 1 is 1.33 bits per heavy atom. The van der Waals surface area contributed by atoms with E-state index in [-0.39, 0.29) is 23.0 Å². The van der Waals surface area contributed by atoms with Gasteiger partial charge in [-0.05, 0) is 26.0 Å². The molecular formula is C16H17ClN2O2. The Balaban J connectivity index is 2.36. The molecule has 2 heterocycles. The predicted octanol–water partition coefficient (Wildman–Crippen LogP) is 2.99. The Hall–Kier alpha value is -2.07. The summed E-state index contributed by atoms with van der Waals surface area (Å²) in [6, 6.07) is 6.39. The quantitative estimate of drug-likeness (QED) is 0.484. The van der Waals surface area contributed by atoms with E-state index in [0.29, 0.717) is 12.1 Å². The van der Waals surface area contributed by atoms with E-state index in [2.05, 4.69) is 6.58 Å². The lowest BCUT2D eigenvalue weighted by molar-refractivity contribution is 0.0970. The fourth-order valence-corrected chi connectivity index (χ4v) is 2.59. The maximum absolute atomic E-state index is 12.5. The second-order valence-electron chi connectivity index (χ2n) is 4.88. The monoisotopic (exact) mass is 304 g/mol. The average Bonchev–Trinajstić information content (AvgIpc) is 2.71. The molecule has 0 spiro atoms. The van der Waals surface area contributed by atoms with E-state index < -0.39 is 0 Å². The summed E-state index contributed by atoms with van der Waals surface area (Å²) in [5, 5.41) is 0.260. The van der Waals surface area contributed by atoms with E-state index in [4.69, 9.17) is 11.6 Å². The highest BCUT2D eigenvalue weighted by atomic mass is 35.5. The number of Topliss-reactive ketones (excluding diaryl/α,β-unsaturated/α-hetero) is 1. The molecule has 0 aliphatic heterocycles. The molecule has 110 valence electrons. The molecule has 2 rings (SSSR count). The molecule has 0 bridgehead atoms. The van der Waals surface area contributed by atoms with Gasteiger partial charge in [0.05, 0.1) is 6.54 Å². The summed E-state index contributed by atoms with van der Waals surface area (Å²) in [5.74, 6) is -0.131. The number of hydrogen-bond donors (Lipinski definition) is 0. The van der Waals surface area contributed by atoms with Crippen molar-refractivity contribution in [3.63, 3.8) is 0 Å². The highest BCUT2D eigenvalue weighted by Gasteiger charge is 2.16. The molecule has 21 heavy (non-hydrogen) atoms. The van der Waals surface area contributed by atoms with Gasteiger partial charge in [-0.3, -0.25) is 14.2 Å². The van der Waals surface area contributed by atoms with Gasteiger partial charge in [0, 0.05) is 29.6 Å². The van der Waals surface area contributed by atoms with Crippen LogP contribution >= 0.6 is 11.6 Å². The maximum atomic E-state index is 12.5. The van der Waals surface area contributed by atoms with Crippen LogP contribution in [-0.2, 0) is 13.1 Å². The molecule has 0 saturated heterocycles. The first-order valence-corrected chi connectivity index (χ1v) is 6.99. The topological polar surface area (TPSA) is 44.0 Å². The van der Waals surface area contributed by atoms with Crippen LogP contribution in [0, 0.1) is 13.8 Å². The summed E-state index contributed by atoms with van der Waals surface area (Å²) in [5.41, 5.74) is 2.19. The van der Waals surface area contributed by atoms with Crippen LogP contribution in [0.5, 0.6) is 0 Å². The SMILES string of the molecule is C=CCn1c(C)cc(C(=O)Cn2c(Cl)cccc2=O)c1C. The molecule has 4 nitrogen and oxygen atoms in total. The maximum Gasteiger partial charge on any atom is 0.252 e. The van der Waals surface area contributed by atoms with Gasteiger partial charge in [0.1, 0.15) is 5.15 Å². The van der Waals surface area contributed by atoms with Crippen molar-refractivity contribution in [2.75, 3.05) is 0 Å². The molecule has 0 fully saturated rings. The normalized spacial score (nSPS) is 10.6. The molecule has 0 aliphatic rings. The van der Waals surface area contributed by atoms with E-state index in [1.54, 1.807) is 18.2 Å². The lowest BCUT2D eigenvalue weighted by Crippen LogP contribution is -2.24. The van der Waals surface area contributed by atoms with E-state index >= 15 is 0 Å². The average molecular weight is 305 g/mol. The van der Waals surface area contributed by atoms with Crippen LogP contribution < -0.4 is 5.56 Å². The summed E-state index contributed by atoms with van der Waals surface area (Å²) < 4.78 is 3.28. The van der Waals surface area contributed by atoms with Crippen LogP contribution in [0.1, 0.15) is 21.7 Å². The predicted molar refractivity (Wildman–Crippen MR) is 84.1 cm³/mol. The van der Waals surface area contributed by atoms with Crippen molar-refractivity contribution in [1.82, 2.24) is 9.13 Å². The van der Waals surface area contributed by atoms with Crippen molar-refractivity contribution in [2.45, 2.75) is 26.9 Å². The smallest absolute Gasteiger partial charge is 0.252 e. The summed E-state index contributed by atoms with van der Waals surface area (Å²) in [7, 11) is 0. The first kappa shape index (κ1) is 15.3. The minimum absolute atomic E-state index is 0.0586. The standard InChI is InChI=1S/C16H17ClN2O2/c1-4-8-18-11(2)9-13(12(18)3)14(20)10-19-15(17)6-5-7-16(19)21/h4-7,9H,1,8,10H2,2-3H3. The minimum atomic E-state index is -0.282. The molecule has 0 atom stereocenters. The fraction of sp³-hybridized carbons (Fsp3) is 0.250. The third kappa shape index (κ3) is 3.00. The van der Waals surface area contributed by atoms with Crippen molar-refractivity contribution in [2.24, 2.45) is 0 Å². The molecule has 0 aromatic carbocycles. The van der Waals surface area contributed by atoms with Gasteiger partial charge >= 0.3 is 0 Å². The number of nitrogens with zero attached hydrogens (tertiary/aromatic N) is 2. The van der Waals surface area contributed by atoms with Gasteiger partial charge < -0.3 is 4.57 Å². The van der Waals surface area contributed by atoms with Gasteiger partial charge in [-0.15, -0.1) is 6.58 Å². The third-order valence-electron chi connectivity index (χ3n) is 3.48. The number of halogens is 1. The molecular weight excluding hydrogens is 288 g/mol. The Kier molecular flexibility index (Phi) is 4.48. The van der Waals surface area contributed by atoms with Crippen LogP contribution in [0.25, 0.3) is 0 Å². The number of ketones is 1. The second-order valence-corrected chi connectivity index (χ2v) is 5.27. The van der Waals surface area contributed by atoms with Crippen LogP contribution in [-0.4, -0.2) is 14.9 Å². The van der Waals surface area contributed by atoms with Gasteiger partial charge in [0.25, 0.3) is 5.56 Å². The first-order chi connectivity index (χ1) is 9.95. The molecule has 5 heteroatoms. The number of carbonyl (C=O) groups is 1. The van der Waals surface area contributed by atoms with Crippen LogP contribution in [0.2, 0.25) is 5.15 Å². The lowest BCUT2D eigenvalue weighted by Gasteiger charge is -2.08. The summed E-state index contributed by atoms with van der Waals surface area (Å²) in [6.07, 6.45) is 1.78. The lowest BCUT2D eigenvalue weighted by atomic mass is 10.1. The van der Waals surface area contributed by atoms with Gasteiger partial charge in [-0.25, -0.2) is 0 Å². The number of pyridine rings is 1. The molecule has 0 saturated carbocycles. The Bertz CT molecular complexity index is 756. The zero-order valence-electron chi connectivity index (χ0n) is 12.1. The number of rotatable bonds is 5. The zero-order valence-corrected chi connectivity index (χ0v) is 12.9. The molecule has 0 amide bonds. The van der Waals surface area contributed by atoms with Gasteiger partial charge in [0.15, 0.2) is 5.78 Å². The van der Waals surface area contributed by atoms with Gasteiger partial charge in [0.2, 0.25) is 0 Å². The Morgan fingerprint density at radius 2 is 2.05 bits per heavy atom. The second kappa shape index (κ2) is 6.14. The molecule has 2 aromatic rings. The number of aryl methyl sites for hydroxylation is 1. The fourth-order valence-electron chi connectivity index (χ4n) is 2.37. The van der Waals surface area contributed by atoms with Gasteiger partial charge in [-0.2, -0.15) is 0 Å². The van der Waals surface area contributed by atoms with Crippen molar-refractivity contribution in [3.05, 3.63) is 69.4 Å². The van der Waals surface area contributed by atoms with Crippen LogP contribution in [0.4, 0.5) is 0 Å². The summed E-state index contributed by atoms with van der Waals surface area (Å²) in [4.78, 5) is 24.2. The van der Waals surface area contributed by atoms with Crippen molar-refractivity contribution in [1.29, 1.82) is 0 Å².